The maximum Gasteiger partial charge on any atom is 0.317 e. The van der Waals surface area contributed by atoms with Crippen LogP contribution in [0.5, 0.6) is 0 Å². The van der Waals surface area contributed by atoms with E-state index in [1.54, 1.807) is 29.0 Å². The van der Waals surface area contributed by atoms with E-state index >= 15 is 0 Å². The zero-order chi connectivity index (χ0) is 15.5. The van der Waals surface area contributed by atoms with E-state index in [4.69, 9.17) is 5.11 Å². The quantitative estimate of drug-likeness (QED) is 0.721. The van der Waals surface area contributed by atoms with E-state index in [1.807, 2.05) is 19.1 Å². The van der Waals surface area contributed by atoms with Gasteiger partial charge in [-0.25, -0.2) is 0 Å². The van der Waals surface area contributed by atoms with Crippen molar-refractivity contribution < 1.29 is 9.90 Å². The topological polar surface area (TPSA) is 93.3 Å². The summed E-state index contributed by atoms with van der Waals surface area (Å²) < 4.78 is 1.61. The minimum Gasteiger partial charge on any atom is -0.480 e. The first-order valence-electron chi connectivity index (χ1n) is 6.71. The van der Waals surface area contributed by atoms with Gasteiger partial charge in [0.2, 0.25) is 0 Å². The predicted octanol–water partition coefficient (Wildman–Crippen LogP) is 2.14. The van der Waals surface area contributed by atoms with Crippen LogP contribution in [0.2, 0.25) is 0 Å². The molecular weight excluding hydrogens is 302 g/mol. The number of carboxylic acids is 1. The maximum atomic E-state index is 11.1. The van der Waals surface area contributed by atoms with Gasteiger partial charge in [0.1, 0.15) is 10.3 Å². The molecule has 7 nitrogen and oxygen atoms in total. The summed E-state index contributed by atoms with van der Waals surface area (Å²) in [5.74, 6) is -0.264. The van der Waals surface area contributed by atoms with Gasteiger partial charge >= 0.3 is 5.97 Å². The number of aliphatic carboxylic acids is 1. The third kappa shape index (κ3) is 2.77. The molecule has 0 bridgehead atoms. The fourth-order valence-corrected chi connectivity index (χ4v) is 2.80. The molecule has 1 N–H and O–H groups in total. The van der Waals surface area contributed by atoms with E-state index < -0.39 is 11.2 Å². The second-order valence-corrected chi connectivity index (χ2v) is 5.78. The summed E-state index contributed by atoms with van der Waals surface area (Å²) in [4.78, 5) is 15.2. The van der Waals surface area contributed by atoms with E-state index in [0.29, 0.717) is 22.9 Å². The van der Waals surface area contributed by atoms with Crippen molar-refractivity contribution in [2.24, 2.45) is 0 Å². The average Bonchev–Trinajstić information content (AvgIpc) is 2.96. The lowest BCUT2D eigenvalue weighted by atomic mass is 10.3. The molecule has 3 heterocycles. The van der Waals surface area contributed by atoms with Gasteiger partial charge in [0, 0.05) is 18.0 Å². The molecule has 3 aromatic rings. The lowest BCUT2D eigenvalue weighted by molar-refractivity contribution is -0.136. The largest absolute Gasteiger partial charge is 0.480 e. The number of aromatic nitrogens is 5. The highest BCUT2D eigenvalue weighted by molar-refractivity contribution is 8.00. The molecule has 3 aromatic heterocycles. The fraction of sp³-hybridized carbons (Fsp3) is 0.214. The Hall–Kier alpha value is -2.48. The molecule has 0 amide bonds. The van der Waals surface area contributed by atoms with Crippen LogP contribution in [0.15, 0.2) is 41.7 Å². The molecule has 8 heteroatoms. The summed E-state index contributed by atoms with van der Waals surface area (Å²) >= 11 is 1.22. The summed E-state index contributed by atoms with van der Waals surface area (Å²) in [5, 5.41) is 21.9. The second kappa shape index (κ2) is 6.10. The molecule has 0 fully saturated rings. The Labute approximate surface area is 130 Å². The van der Waals surface area contributed by atoms with Crippen LogP contribution in [-0.4, -0.2) is 41.1 Å². The van der Waals surface area contributed by atoms with Gasteiger partial charge in [-0.2, -0.15) is 9.61 Å². The summed E-state index contributed by atoms with van der Waals surface area (Å²) in [7, 11) is 0. The second-order valence-electron chi connectivity index (χ2n) is 4.56. The molecule has 0 saturated carbocycles. The van der Waals surface area contributed by atoms with E-state index in [2.05, 4.69) is 20.3 Å². The molecule has 0 aliphatic heterocycles. The number of hydrogen-bond acceptors (Lipinski definition) is 6. The van der Waals surface area contributed by atoms with Gasteiger partial charge in [-0.3, -0.25) is 9.78 Å². The summed E-state index contributed by atoms with van der Waals surface area (Å²) in [5.41, 5.74) is 1.40. The van der Waals surface area contributed by atoms with Gasteiger partial charge < -0.3 is 5.11 Å². The van der Waals surface area contributed by atoms with Crippen LogP contribution in [0.4, 0.5) is 0 Å². The van der Waals surface area contributed by atoms with Crippen LogP contribution >= 0.6 is 11.8 Å². The number of hydrogen-bond donors (Lipinski definition) is 1. The smallest absolute Gasteiger partial charge is 0.317 e. The van der Waals surface area contributed by atoms with Crippen molar-refractivity contribution in [3.05, 3.63) is 36.7 Å². The minimum absolute atomic E-state index is 0.525. The molecule has 0 aliphatic rings. The van der Waals surface area contributed by atoms with E-state index in [-0.39, 0.29) is 0 Å². The van der Waals surface area contributed by atoms with E-state index in [1.165, 1.54) is 11.8 Å². The Morgan fingerprint density at radius 3 is 2.91 bits per heavy atom. The van der Waals surface area contributed by atoms with Crippen LogP contribution in [0.1, 0.15) is 13.3 Å². The summed E-state index contributed by atoms with van der Waals surface area (Å²) in [6.45, 7) is 1.84. The third-order valence-corrected chi connectivity index (χ3v) is 4.35. The number of fused-ring (bicyclic) bond motifs is 1. The first-order chi connectivity index (χ1) is 10.7. The Morgan fingerprint density at radius 1 is 1.36 bits per heavy atom. The van der Waals surface area contributed by atoms with Gasteiger partial charge in [-0.15, -0.1) is 10.2 Å². The minimum atomic E-state index is -0.842. The summed E-state index contributed by atoms with van der Waals surface area (Å²) in [6.07, 6.45) is 3.89. The first-order valence-corrected chi connectivity index (χ1v) is 7.59. The molecule has 0 aliphatic carbocycles. The van der Waals surface area contributed by atoms with Crippen LogP contribution in [0, 0.1) is 0 Å². The van der Waals surface area contributed by atoms with Gasteiger partial charge in [0.05, 0.1) is 0 Å². The van der Waals surface area contributed by atoms with Crippen LogP contribution < -0.4 is 0 Å². The van der Waals surface area contributed by atoms with Crippen molar-refractivity contribution in [1.29, 1.82) is 0 Å². The zero-order valence-corrected chi connectivity index (χ0v) is 12.6. The molecule has 22 heavy (non-hydrogen) atoms. The van der Waals surface area contributed by atoms with Crippen molar-refractivity contribution in [3.63, 3.8) is 0 Å². The molecule has 0 aromatic carbocycles. The highest BCUT2D eigenvalue weighted by Gasteiger charge is 2.18. The molecular formula is C14H13N5O2S. The van der Waals surface area contributed by atoms with Gasteiger partial charge in [-0.05, 0) is 30.7 Å². The molecule has 0 unspecified atom stereocenters. The Bertz CT molecular complexity index is 805. The van der Waals surface area contributed by atoms with Crippen molar-refractivity contribution >= 4 is 23.4 Å². The van der Waals surface area contributed by atoms with Crippen LogP contribution in [-0.2, 0) is 4.79 Å². The first kappa shape index (κ1) is 14.5. The van der Waals surface area contributed by atoms with Gasteiger partial charge in [0.15, 0.2) is 11.5 Å². The number of thioether (sulfide) groups is 1. The zero-order valence-electron chi connectivity index (χ0n) is 11.7. The number of nitrogens with zero attached hydrogens (tertiary/aromatic N) is 5. The monoisotopic (exact) mass is 315 g/mol. The molecule has 0 radical (unpaired) electrons. The Kier molecular flexibility index (Phi) is 4.01. The van der Waals surface area contributed by atoms with Crippen molar-refractivity contribution in [3.8, 4) is 11.4 Å². The number of rotatable bonds is 5. The Balaban J connectivity index is 2.00. The van der Waals surface area contributed by atoms with Crippen LogP contribution in [0.25, 0.3) is 17.0 Å². The average molecular weight is 315 g/mol. The maximum absolute atomic E-state index is 11.1. The number of pyridine rings is 1. The lowest BCUT2D eigenvalue weighted by Gasteiger charge is -2.08. The molecule has 3 rings (SSSR count). The van der Waals surface area contributed by atoms with E-state index in [0.717, 1.165) is 5.56 Å². The van der Waals surface area contributed by atoms with E-state index in [9.17, 15) is 4.79 Å². The standard InChI is InChI=1S/C14H13N5O2S/c1-2-10(14(20)21)22-12-6-5-11-16-17-13(19(11)18-12)9-4-3-7-15-8-9/h3-8,10H,2H2,1H3,(H,20,21)/t10-/m0/s1. The molecule has 112 valence electrons. The third-order valence-electron chi connectivity index (χ3n) is 3.07. The van der Waals surface area contributed by atoms with Crippen molar-refractivity contribution in [2.75, 3.05) is 0 Å². The fourth-order valence-electron chi connectivity index (χ4n) is 1.96. The van der Waals surface area contributed by atoms with Crippen molar-refractivity contribution in [2.45, 2.75) is 23.6 Å². The van der Waals surface area contributed by atoms with Gasteiger partial charge in [-0.1, -0.05) is 18.7 Å². The lowest BCUT2D eigenvalue weighted by Crippen LogP contribution is -2.15. The highest BCUT2D eigenvalue weighted by Crippen LogP contribution is 2.25. The molecule has 0 saturated heterocycles. The molecule has 0 spiro atoms. The summed E-state index contributed by atoms with van der Waals surface area (Å²) in [6, 6.07) is 7.22. The molecule has 1 atom stereocenters. The van der Waals surface area contributed by atoms with Crippen LogP contribution in [0.3, 0.4) is 0 Å². The van der Waals surface area contributed by atoms with Gasteiger partial charge in [0.25, 0.3) is 0 Å². The normalized spacial score (nSPS) is 12.4. The Morgan fingerprint density at radius 2 is 2.23 bits per heavy atom. The number of carbonyl (C=O) groups is 1. The number of carboxylic acid groups (broad SMARTS) is 1. The SMILES string of the molecule is CC[C@H](Sc1ccc2nnc(-c3cccnc3)n2n1)C(=O)O. The highest BCUT2D eigenvalue weighted by atomic mass is 32.2. The predicted molar refractivity (Wildman–Crippen MR) is 81.6 cm³/mol. The van der Waals surface area contributed by atoms with Crippen molar-refractivity contribution in [1.82, 2.24) is 24.8 Å².